The first kappa shape index (κ1) is 18.6. The molecule has 0 saturated heterocycles. The van der Waals surface area contributed by atoms with E-state index in [1.807, 2.05) is 21.7 Å². The number of carbonyl (C=O) groups excluding carboxylic acids is 1. The second-order valence-electron chi connectivity index (χ2n) is 7.70. The van der Waals surface area contributed by atoms with Gasteiger partial charge in [-0.3, -0.25) is 4.79 Å². The van der Waals surface area contributed by atoms with Gasteiger partial charge in [0.1, 0.15) is 11.6 Å². The Hall–Kier alpha value is -2.17. The number of aromatic nitrogens is 2. The number of benzene rings is 1. The zero-order chi connectivity index (χ0) is 18.5. The zero-order valence-electron chi connectivity index (χ0n) is 15.7. The van der Waals surface area contributed by atoms with E-state index in [0.717, 1.165) is 43.6 Å². The Kier molecular flexibility index (Phi) is 6.07. The van der Waals surface area contributed by atoms with Crippen molar-refractivity contribution in [2.24, 2.45) is 11.8 Å². The largest absolute Gasteiger partial charge is 0.335 e. The average Bonchev–Trinajstić information content (AvgIpc) is 3.26. The van der Waals surface area contributed by atoms with Gasteiger partial charge in [-0.15, -0.1) is 0 Å². The minimum absolute atomic E-state index is 0.167. The third kappa shape index (κ3) is 4.71. The fraction of sp³-hybridized carbons (Fsp3) is 0.524. The number of hydrogen-bond acceptors (Lipinski definition) is 2. The van der Waals surface area contributed by atoms with Crippen LogP contribution in [0.1, 0.15) is 50.9 Å². The van der Waals surface area contributed by atoms with Crippen molar-refractivity contribution in [1.29, 1.82) is 0 Å². The number of amides is 1. The molecule has 1 aromatic heterocycles. The van der Waals surface area contributed by atoms with Crippen LogP contribution in [0.15, 0.2) is 36.7 Å². The van der Waals surface area contributed by atoms with Crippen LogP contribution in [0.2, 0.25) is 0 Å². The Morgan fingerprint density at radius 1 is 1.35 bits per heavy atom. The standard InChI is InChI=1S/C21H28FN3O/c1-16(2)13-25(21(26)18-7-3-4-8-18)15-20-23-10-11-24(20)14-17-6-5-9-19(22)12-17/h5-6,9-12,16,18H,3-4,7-8,13-15H2,1-2H3. The quantitative estimate of drug-likeness (QED) is 0.743. The Labute approximate surface area is 155 Å². The summed E-state index contributed by atoms with van der Waals surface area (Å²) in [5.41, 5.74) is 0.891. The van der Waals surface area contributed by atoms with E-state index in [0.29, 0.717) is 19.0 Å². The first-order valence-electron chi connectivity index (χ1n) is 9.56. The van der Waals surface area contributed by atoms with Crippen molar-refractivity contribution in [2.75, 3.05) is 6.54 Å². The molecule has 1 fully saturated rings. The summed E-state index contributed by atoms with van der Waals surface area (Å²) in [5, 5.41) is 0. The Morgan fingerprint density at radius 3 is 2.81 bits per heavy atom. The van der Waals surface area contributed by atoms with Crippen LogP contribution in [0, 0.1) is 17.7 Å². The SMILES string of the molecule is CC(C)CN(Cc1nccn1Cc1cccc(F)c1)C(=O)C1CCCC1. The maximum absolute atomic E-state index is 13.5. The second kappa shape index (κ2) is 8.47. The van der Waals surface area contributed by atoms with Crippen LogP contribution in [0.3, 0.4) is 0 Å². The van der Waals surface area contributed by atoms with Crippen LogP contribution in [-0.2, 0) is 17.9 Å². The number of rotatable bonds is 7. The minimum atomic E-state index is -0.234. The molecule has 26 heavy (non-hydrogen) atoms. The molecule has 1 heterocycles. The molecule has 1 amide bonds. The minimum Gasteiger partial charge on any atom is -0.335 e. The van der Waals surface area contributed by atoms with Crippen molar-refractivity contribution in [2.45, 2.75) is 52.6 Å². The Balaban J connectivity index is 1.74. The highest BCUT2D eigenvalue weighted by Crippen LogP contribution is 2.27. The summed E-state index contributed by atoms with van der Waals surface area (Å²) in [6.45, 7) is 6.07. The summed E-state index contributed by atoms with van der Waals surface area (Å²) in [6.07, 6.45) is 7.96. The molecule has 3 rings (SSSR count). The van der Waals surface area contributed by atoms with Crippen LogP contribution < -0.4 is 0 Å². The summed E-state index contributed by atoms with van der Waals surface area (Å²) in [7, 11) is 0. The first-order chi connectivity index (χ1) is 12.5. The van der Waals surface area contributed by atoms with Gasteiger partial charge in [0.05, 0.1) is 6.54 Å². The van der Waals surface area contributed by atoms with Crippen molar-refractivity contribution in [1.82, 2.24) is 14.5 Å². The van der Waals surface area contributed by atoms with Gasteiger partial charge in [-0.1, -0.05) is 38.8 Å². The third-order valence-electron chi connectivity index (χ3n) is 4.98. The molecule has 5 heteroatoms. The summed E-state index contributed by atoms with van der Waals surface area (Å²) in [5.74, 6) is 1.45. The molecule has 1 aromatic carbocycles. The maximum atomic E-state index is 13.5. The smallest absolute Gasteiger partial charge is 0.226 e. The molecule has 0 spiro atoms. The normalized spacial score (nSPS) is 14.9. The molecule has 0 bridgehead atoms. The van der Waals surface area contributed by atoms with Gasteiger partial charge in [0, 0.05) is 31.4 Å². The van der Waals surface area contributed by atoms with Gasteiger partial charge in [0.15, 0.2) is 0 Å². The lowest BCUT2D eigenvalue weighted by Gasteiger charge is -2.27. The molecule has 4 nitrogen and oxygen atoms in total. The van der Waals surface area contributed by atoms with Crippen molar-refractivity contribution < 1.29 is 9.18 Å². The van der Waals surface area contributed by atoms with Crippen LogP contribution in [0.25, 0.3) is 0 Å². The second-order valence-corrected chi connectivity index (χ2v) is 7.70. The van der Waals surface area contributed by atoms with Gasteiger partial charge in [-0.25, -0.2) is 9.37 Å². The lowest BCUT2D eigenvalue weighted by Crippen LogP contribution is -2.38. The zero-order valence-corrected chi connectivity index (χ0v) is 15.7. The molecule has 0 aliphatic heterocycles. The van der Waals surface area contributed by atoms with Gasteiger partial charge in [-0.05, 0) is 36.5 Å². The highest BCUT2D eigenvalue weighted by atomic mass is 19.1. The lowest BCUT2D eigenvalue weighted by molar-refractivity contribution is -0.136. The van der Waals surface area contributed by atoms with E-state index in [1.165, 1.54) is 6.07 Å². The summed E-state index contributed by atoms with van der Waals surface area (Å²) in [4.78, 5) is 19.4. The van der Waals surface area contributed by atoms with Crippen molar-refractivity contribution in [3.63, 3.8) is 0 Å². The number of halogens is 1. The van der Waals surface area contributed by atoms with E-state index in [1.54, 1.807) is 18.3 Å². The topological polar surface area (TPSA) is 38.1 Å². The molecule has 0 atom stereocenters. The van der Waals surface area contributed by atoms with Gasteiger partial charge in [0.2, 0.25) is 5.91 Å². The highest BCUT2D eigenvalue weighted by molar-refractivity contribution is 5.79. The predicted molar refractivity (Wildman–Crippen MR) is 99.9 cm³/mol. The number of nitrogens with zero attached hydrogens (tertiary/aromatic N) is 3. The van der Waals surface area contributed by atoms with Crippen molar-refractivity contribution >= 4 is 5.91 Å². The average molecular weight is 357 g/mol. The third-order valence-corrected chi connectivity index (χ3v) is 4.98. The molecule has 0 radical (unpaired) electrons. The summed E-state index contributed by atoms with van der Waals surface area (Å²) in [6, 6.07) is 6.61. The van der Waals surface area contributed by atoms with Gasteiger partial charge in [0.25, 0.3) is 0 Å². The number of carbonyl (C=O) groups is 1. The van der Waals surface area contributed by atoms with Crippen LogP contribution in [0.4, 0.5) is 4.39 Å². The number of hydrogen-bond donors (Lipinski definition) is 0. The Bertz CT molecular complexity index is 734. The fourth-order valence-electron chi connectivity index (χ4n) is 3.74. The highest BCUT2D eigenvalue weighted by Gasteiger charge is 2.28. The van der Waals surface area contributed by atoms with Crippen LogP contribution in [0.5, 0.6) is 0 Å². The number of imidazole rings is 1. The van der Waals surface area contributed by atoms with Gasteiger partial charge >= 0.3 is 0 Å². The molecule has 2 aromatic rings. The van der Waals surface area contributed by atoms with Crippen molar-refractivity contribution in [3.05, 3.63) is 53.9 Å². The molecule has 1 aliphatic carbocycles. The van der Waals surface area contributed by atoms with E-state index in [2.05, 4.69) is 18.8 Å². The van der Waals surface area contributed by atoms with E-state index >= 15 is 0 Å². The molecule has 1 aliphatic rings. The van der Waals surface area contributed by atoms with Crippen LogP contribution >= 0.6 is 0 Å². The molecule has 140 valence electrons. The predicted octanol–water partition coefficient (Wildman–Crippen LogP) is 4.25. The van der Waals surface area contributed by atoms with Gasteiger partial charge < -0.3 is 9.47 Å². The Morgan fingerprint density at radius 2 is 2.12 bits per heavy atom. The summed E-state index contributed by atoms with van der Waals surface area (Å²) >= 11 is 0. The van der Waals surface area contributed by atoms with Crippen molar-refractivity contribution in [3.8, 4) is 0 Å². The van der Waals surface area contributed by atoms with Crippen LogP contribution in [-0.4, -0.2) is 26.9 Å². The molecule has 1 saturated carbocycles. The monoisotopic (exact) mass is 357 g/mol. The fourth-order valence-corrected chi connectivity index (χ4v) is 3.74. The molecular weight excluding hydrogens is 329 g/mol. The lowest BCUT2D eigenvalue weighted by atomic mass is 10.1. The van der Waals surface area contributed by atoms with E-state index in [-0.39, 0.29) is 17.6 Å². The van der Waals surface area contributed by atoms with E-state index < -0.39 is 0 Å². The first-order valence-corrected chi connectivity index (χ1v) is 9.56. The van der Waals surface area contributed by atoms with E-state index in [4.69, 9.17) is 0 Å². The molecule has 0 unspecified atom stereocenters. The van der Waals surface area contributed by atoms with E-state index in [9.17, 15) is 9.18 Å². The van der Waals surface area contributed by atoms with Gasteiger partial charge in [-0.2, -0.15) is 0 Å². The molecular formula is C21H28FN3O. The summed E-state index contributed by atoms with van der Waals surface area (Å²) < 4.78 is 15.5. The maximum Gasteiger partial charge on any atom is 0.226 e. The molecule has 0 N–H and O–H groups in total.